The Morgan fingerprint density at radius 2 is 1.05 bits per heavy atom. The van der Waals surface area contributed by atoms with Crippen LogP contribution in [0.1, 0.15) is 17.4 Å². The molecule has 2 N–H and O–H groups in total. The molecule has 0 radical (unpaired) electrons. The number of rotatable bonds is 7. The van der Waals surface area contributed by atoms with Gasteiger partial charge in [0, 0.05) is 60.1 Å². The first-order chi connectivity index (χ1) is 18.6. The monoisotopic (exact) mass is 610 g/mol. The van der Waals surface area contributed by atoms with E-state index in [-0.39, 0.29) is 12.7 Å². The number of hydrogen-bond acceptors (Lipinski definition) is 9. The Morgan fingerprint density at radius 1 is 0.605 bits per heavy atom. The lowest BCUT2D eigenvalue weighted by Crippen LogP contribution is -2.24. The Kier molecular flexibility index (Phi) is 6.98. The molecule has 6 aromatic rings. The maximum absolute atomic E-state index is 10.1. The summed E-state index contributed by atoms with van der Waals surface area (Å²) < 4.78 is 5.84. The van der Waals surface area contributed by atoms with Crippen LogP contribution >= 0.6 is 68.0 Å². The molecule has 3 atom stereocenters. The molecule has 1 aliphatic rings. The summed E-state index contributed by atoms with van der Waals surface area (Å²) in [7, 11) is 0. The lowest BCUT2D eigenvalue weighted by molar-refractivity contribution is -0.0216. The van der Waals surface area contributed by atoms with Crippen LogP contribution in [0.3, 0.4) is 0 Å². The average molecular weight is 611 g/mol. The summed E-state index contributed by atoms with van der Waals surface area (Å²) in [6.45, 7) is -0.148. The third kappa shape index (κ3) is 4.81. The van der Waals surface area contributed by atoms with Crippen molar-refractivity contribution >= 4 is 68.0 Å². The fourth-order valence-electron chi connectivity index (χ4n) is 4.56. The standard InChI is InChI=1S/C29H22O3S6/c30-15-18-16(31)14-17(32-18)19-3-4-22(34-19)23-7-8-26(36-23)27-11-12-29(38-27)28-10-9-25(37-28)24-6-5-21(35-24)20-2-1-13-33-20/h1-13,16-18,30-31H,14-15H2. The highest BCUT2D eigenvalue weighted by Gasteiger charge is 2.35. The minimum absolute atomic E-state index is 0.146. The van der Waals surface area contributed by atoms with Crippen molar-refractivity contribution < 1.29 is 14.9 Å². The molecule has 1 fully saturated rings. The van der Waals surface area contributed by atoms with E-state index in [9.17, 15) is 10.2 Å². The van der Waals surface area contributed by atoms with Gasteiger partial charge in [0.05, 0.1) is 18.8 Å². The molecular formula is C29H22O3S6. The fraction of sp³-hybridized carbons (Fsp3) is 0.172. The molecule has 7 rings (SSSR count). The fourth-order valence-corrected chi connectivity index (χ4v) is 10.8. The predicted molar refractivity (Wildman–Crippen MR) is 166 cm³/mol. The van der Waals surface area contributed by atoms with Gasteiger partial charge in [-0.05, 0) is 72.1 Å². The Bertz CT molecular complexity index is 1660. The molecule has 0 amide bonds. The van der Waals surface area contributed by atoms with Crippen LogP contribution in [0.25, 0.3) is 48.8 Å². The van der Waals surface area contributed by atoms with Crippen LogP contribution in [-0.2, 0) is 4.74 Å². The lowest BCUT2D eigenvalue weighted by Gasteiger charge is -2.10. The molecule has 3 nitrogen and oxygen atoms in total. The van der Waals surface area contributed by atoms with E-state index < -0.39 is 12.2 Å². The first kappa shape index (κ1) is 25.1. The van der Waals surface area contributed by atoms with Crippen LogP contribution in [0.15, 0.2) is 78.2 Å². The Morgan fingerprint density at radius 3 is 1.47 bits per heavy atom. The molecule has 0 aromatic carbocycles. The molecule has 1 saturated heterocycles. The zero-order valence-electron chi connectivity index (χ0n) is 19.9. The van der Waals surface area contributed by atoms with E-state index in [1.165, 1.54) is 48.8 Å². The number of hydrogen-bond donors (Lipinski definition) is 2. The number of thiophene rings is 6. The highest BCUT2D eigenvalue weighted by atomic mass is 32.1. The van der Waals surface area contributed by atoms with Gasteiger partial charge in [0.25, 0.3) is 0 Å². The molecule has 3 unspecified atom stereocenters. The molecule has 0 spiro atoms. The summed E-state index contributed by atoms with van der Waals surface area (Å²) in [5.41, 5.74) is 0. The quantitative estimate of drug-likeness (QED) is 0.189. The van der Waals surface area contributed by atoms with Gasteiger partial charge >= 0.3 is 0 Å². The zero-order valence-corrected chi connectivity index (χ0v) is 24.8. The molecule has 0 saturated carbocycles. The van der Waals surface area contributed by atoms with Crippen molar-refractivity contribution in [1.29, 1.82) is 0 Å². The lowest BCUT2D eigenvalue weighted by atomic mass is 10.1. The highest BCUT2D eigenvalue weighted by Crippen LogP contribution is 2.46. The van der Waals surface area contributed by atoms with Crippen LogP contribution in [0.2, 0.25) is 0 Å². The van der Waals surface area contributed by atoms with Crippen LogP contribution in [-0.4, -0.2) is 29.0 Å². The van der Waals surface area contributed by atoms with E-state index in [1.54, 1.807) is 22.7 Å². The van der Waals surface area contributed by atoms with Gasteiger partial charge in [-0.3, -0.25) is 0 Å². The molecule has 192 valence electrons. The van der Waals surface area contributed by atoms with Crippen LogP contribution in [0, 0.1) is 0 Å². The SMILES string of the molecule is OCC1OC(c2ccc(-c3ccc(-c4ccc(-c5ccc(-c6ccc(-c7cccs7)s6)s5)s4)s3)s2)CC1O. The molecule has 9 heteroatoms. The normalized spacial score (nSPS) is 19.5. The molecule has 0 bridgehead atoms. The maximum atomic E-state index is 10.1. The van der Waals surface area contributed by atoms with E-state index in [2.05, 4.69) is 78.2 Å². The summed E-state index contributed by atoms with van der Waals surface area (Å²) in [6.07, 6.45) is -0.705. The van der Waals surface area contributed by atoms with Gasteiger partial charge in [0.2, 0.25) is 0 Å². The van der Waals surface area contributed by atoms with Crippen molar-refractivity contribution in [1.82, 2.24) is 0 Å². The van der Waals surface area contributed by atoms with Crippen LogP contribution in [0.5, 0.6) is 0 Å². The Balaban J connectivity index is 1.07. The molecule has 6 aromatic heterocycles. The van der Waals surface area contributed by atoms with E-state index >= 15 is 0 Å². The summed E-state index contributed by atoms with van der Waals surface area (Å²) in [6, 6.07) is 26.4. The number of aliphatic hydroxyl groups excluding tert-OH is 2. The van der Waals surface area contributed by atoms with Crippen LogP contribution in [0.4, 0.5) is 0 Å². The summed E-state index contributed by atoms with van der Waals surface area (Å²) >= 11 is 10.9. The van der Waals surface area contributed by atoms with Crippen LogP contribution < -0.4 is 0 Å². The second kappa shape index (κ2) is 10.6. The summed E-state index contributed by atoms with van der Waals surface area (Å²) in [4.78, 5) is 14.0. The zero-order chi connectivity index (χ0) is 25.6. The van der Waals surface area contributed by atoms with Gasteiger partial charge in [-0.2, -0.15) is 0 Å². The summed E-state index contributed by atoms with van der Waals surface area (Å²) in [5, 5.41) is 21.6. The Labute approximate surface area is 244 Å². The van der Waals surface area contributed by atoms with Gasteiger partial charge < -0.3 is 14.9 Å². The van der Waals surface area contributed by atoms with Gasteiger partial charge in [-0.25, -0.2) is 0 Å². The number of ether oxygens (including phenoxy) is 1. The largest absolute Gasteiger partial charge is 0.394 e. The Hall–Kier alpha value is -1.92. The highest BCUT2D eigenvalue weighted by molar-refractivity contribution is 7.30. The van der Waals surface area contributed by atoms with Crippen molar-refractivity contribution in [2.24, 2.45) is 0 Å². The third-order valence-corrected chi connectivity index (χ3v) is 13.9. The topological polar surface area (TPSA) is 49.7 Å². The second-order valence-electron chi connectivity index (χ2n) is 8.98. The van der Waals surface area contributed by atoms with E-state index in [4.69, 9.17) is 4.74 Å². The van der Waals surface area contributed by atoms with Crippen molar-refractivity contribution in [2.45, 2.75) is 24.7 Å². The smallest absolute Gasteiger partial charge is 0.107 e. The van der Waals surface area contributed by atoms with Crippen molar-refractivity contribution in [3.63, 3.8) is 0 Å². The average Bonchev–Trinajstić information content (AvgIpc) is 3.75. The van der Waals surface area contributed by atoms with Gasteiger partial charge in [-0.15, -0.1) is 68.0 Å². The van der Waals surface area contributed by atoms with E-state index in [0.29, 0.717) is 6.42 Å². The molecular weight excluding hydrogens is 589 g/mol. The first-order valence-corrected chi connectivity index (χ1v) is 17.1. The predicted octanol–water partition coefficient (Wildman–Crippen LogP) is 9.57. The van der Waals surface area contributed by atoms with Gasteiger partial charge in [0.15, 0.2) is 0 Å². The minimum atomic E-state index is -0.606. The minimum Gasteiger partial charge on any atom is -0.394 e. The second-order valence-corrected chi connectivity index (χ2v) is 15.4. The molecule has 0 aliphatic carbocycles. The molecule has 1 aliphatic heterocycles. The van der Waals surface area contributed by atoms with Crippen molar-refractivity contribution in [3.05, 3.63) is 83.1 Å². The van der Waals surface area contributed by atoms with E-state index in [1.807, 2.05) is 45.3 Å². The van der Waals surface area contributed by atoms with Gasteiger partial charge in [0.1, 0.15) is 6.10 Å². The summed E-state index contributed by atoms with van der Waals surface area (Å²) in [5.74, 6) is 0. The number of aliphatic hydroxyl groups is 2. The van der Waals surface area contributed by atoms with Crippen molar-refractivity contribution in [2.75, 3.05) is 6.61 Å². The van der Waals surface area contributed by atoms with Crippen molar-refractivity contribution in [3.8, 4) is 48.8 Å². The first-order valence-electron chi connectivity index (χ1n) is 12.1. The molecule has 38 heavy (non-hydrogen) atoms. The van der Waals surface area contributed by atoms with Gasteiger partial charge in [-0.1, -0.05) is 6.07 Å². The third-order valence-electron chi connectivity index (χ3n) is 6.51. The molecule has 7 heterocycles. The van der Waals surface area contributed by atoms with E-state index in [0.717, 1.165) is 4.88 Å². The maximum Gasteiger partial charge on any atom is 0.107 e.